The first kappa shape index (κ1) is 17.5. The molecule has 0 bridgehead atoms. The quantitative estimate of drug-likeness (QED) is 0.409. The fraction of sp³-hybridized carbons (Fsp3) is 0.941. The molecule has 2 fully saturated rings. The van der Waals surface area contributed by atoms with Gasteiger partial charge in [-0.25, -0.2) is 0 Å². The number of ether oxygens (including phenoxy) is 1. The van der Waals surface area contributed by atoms with Gasteiger partial charge in [0.2, 0.25) is 0 Å². The normalized spacial score (nSPS) is 26.5. The summed E-state index contributed by atoms with van der Waals surface area (Å²) in [4.78, 5) is 7.28. The number of nitrogens with one attached hydrogen (secondary N) is 2. The molecule has 2 aliphatic heterocycles. The van der Waals surface area contributed by atoms with E-state index in [1.54, 1.807) is 0 Å². The fourth-order valence-corrected chi connectivity index (χ4v) is 3.22. The molecule has 5 nitrogen and oxygen atoms in total. The van der Waals surface area contributed by atoms with Gasteiger partial charge in [0.1, 0.15) is 0 Å². The summed E-state index contributed by atoms with van der Waals surface area (Å²) < 4.78 is 5.80. The van der Waals surface area contributed by atoms with Crippen molar-refractivity contribution >= 4 is 5.96 Å². The Balaban J connectivity index is 1.62. The van der Waals surface area contributed by atoms with Crippen molar-refractivity contribution in [3.05, 3.63) is 0 Å². The average Bonchev–Trinajstić information content (AvgIpc) is 3.16. The number of aliphatic imine (C=N–C) groups is 1. The zero-order valence-corrected chi connectivity index (χ0v) is 14.5. The van der Waals surface area contributed by atoms with Crippen molar-refractivity contribution in [1.82, 2.24) is 15.5 Å². The predicted molar refractivity (Wildman–Crippen MR) is 92.5 cm³/mol. The second-order valence-electron chi connectivity index (χ2n) is 6.78. The number of guanidine groups is 1. The number of hydrogen-bond acceptors (Lipinski definition) is 3. The molecule has 1 unspecified atom stereocenters. The summed E-state index contributed by atoms with van der Waals surface area (Å²) in [5.41, 5.74) is -0.0574. The summed E-state index contributed by atoms with van der Waals surface area (Å²) in [7, 11) is 0. The maximum Gasteiger partial charge on any atom is 0.191 e. The van der Waals surface area contributed by atoms with E-state index in [-0.39, 0.29) is 5.60 Å². The minimum atomic E-state index is -0.0574. The van der Waals surface area contributed by atoms with Crippen LogP contribution in [0.2, 0.25) is 0 Å². The molecular formula is C17H34N4O. The lowest BCUT2D eigenvalue weighted by molar-refractivity contribution is 0.0283. The summed E-state index contributed by atoms with van der Waals surface area (Å²) >= 11 is 0. The van der Waals surface area contributed by atoms with Crippen LogP contribution < -0.4 is 10.6 Å². The van der Waals surface area contributed by atoms with Gasteiger partial charge < -0.3 is 20.3 Å². The SMILES string of the molecule is CCNC(=NCC1(C)CCCO1)NCCCCN1CCCC1. The van der Waals surface area contributed by atoms with Crippen LogP contribution in [0.1, 0.15) is 52.4 Å². The largest absolute Gasteiger partial charge is 0.373 e. The molecule has 0 aromatic heterocycles. The van der Waals surface area contributed by atoms with Crippen molar-refractivity contribution in [2.45, 2.75) is 58.0 Å². The molecule has 2 heterocycles. The summed E-state index contributed by atoms with van der Waals surface area (Å²) in [5.74, 6) is 0.931. The summed E-state index contributed by atoms with van der Waals surface area (Å²) in [6, 6.07) is 0. The Bertz CT molecular complexity index is 334. The molecule has 2 N–H and O–H groups in total. The van der Waals surface area contributed by atoms with E-state index in [4.69, 9.17) is 9.73 Å². The third-order valence-corrected chi connectivity index (χ3v) is 4.61. The highest BCUT2D eigenvalue weighted by Crippen LogP contribution is 2.24. The van der Waals surface area contributed by atoms with E-state index in [0.29, 0.717) is 0 Å². The molecule has 1 atom stereocenters. The van der Waals surface area contributed by atoms with Crippen molar-refractivity contribution in [3.8, 4) is 0 Å². The summed E-state index contributed by atoms with van der Waals surface area (Å²) in [6.45, 7) is 11.7. The Morgan fingerprint density at radius 3 is 2.68 bits per heavy atom. The van der Waals surface area contributed by atoms with Crippen LogP contribution in [-0.2, 0) is 4.74 Å². The van der Waals surface area contributed by atoms with E-state index in [2.05, 4.69) is 29.4 Å². The molecule has 0 aromatic rings. The Morgan fingerprint density at radius 2 is 2.00 bits per heavy atom. The molecule has 0 aliphatic carbocycles. The minimum Gasteiger partial charge on any atom is -0.373 e. The lowest BCUT2D eigenvalue weighted by Crippen LogP contribution is -2.39. The molecule has 2 rings (SSSR count). The third-order valence-electron chi connectivity index (χ3n) is 4.61. The van der Waals surface area contributed by atoms with Crippen LogP contribution in [0.15, 0.2) is 4.99 Å². The van der Waals surface area contributed by atoms with Crippen molar-refractivity contribution in [2.75, 3.05) is 45.9 Å². The number of likely N-dealkylation sites (tertiary alicyclic amines) is 1. The molecule has 0 aromatic carbocycles. The smallest absolute Gasteiger partial charge is 0.191 e. The van der Waals surface area contributed by atoms with Gasteiger partial charge in [-0.2, -0.15) is 0 Å². The highest BCUT2D eigenvalue weighted by molar-refractivity contribution is 5.79. The van der Waals surface area contributed by atoms with Gasteiger partial charge in [0, 0.05) is 19.7 Å². The van der Waals surface area contributed by atoms with Crippen LogP contribution in [0.4, 0.5) is 0 Å². The molecule has 22 heavy (non-hydrogen) atoms. The van der Waals surface area contributed by atoms with E-state index in [1.165, 1.54) is 45.3 Å². The van der Waals surface area contributed by atoms with Gasteiger partial charge in [-0.05, 0) is 72.0 Å². The first-order valence-corrected chi connectivity index (χ1v) is 9.10. The minimum absolute atomic E-state index is 0.0574. The monoisotopic (exact) mass is 310 g/mol. The molecule has 0 amide bonds. The molecule has 128 valence electrons. The van der Waals surface area contributed by atoms with Crippen LogP contribution in [0.25, 0.3) is 0 Å². The number of unbranched alkanes of at least 4 members (excludes halogenated alkanes) is 1. The highest BCUT2D eigenvalue weighted by atomic mass is 16.5. The molecular weight excluding hydrogens is 276 g/mol. The topological polar surface area (TPSA) is 48.9 Å². The van der Waals surface area contributed by atoms with Crippen molar-refractivity contribution in [1.29, 1.82) is 0 Å². The summed E-state index contributed by atoms with van der Waals surface area (Å²) in [5, 5.41) is 6.78. The van der Waals surface area contributed by atoms with E-state index in [1.807, 2.05) is 0 Å². The average molecular weight is 310 g/mol. The Morgan fingerprint density at radius 1 is 1.18 bits per heavy atom. The number of nitrogens with zero attached hydrogens (tertiary/aromatic N) is 2. The van der Waals surface area contributed by atoms with E-state index < -0.39 is 0 Å². The Labute approximate surface area is 135 Å². The fourth-order valence-electron chi connectivity index (χ4n) is 3.22. The summed E-state index contributed by atoms with van der Waals surface area (Å²) in [6.07, 6.45) is 7.52. The van der Waals surface area contributed by atoms with E-state index in [0.717, 1.165) is 45.0 Å². The maximum absolute atomic E-state index is 5.80. The van der Waals surface area contributed by atoms with Crippen LogP contribution in [0, 0.1) is 0 Å². The lowest BCUT2D eigenvalue weighted by atomic mass is 10.0. The number of rotatable bonds is 8. The van der Waals surface area contributed by atoms with Gasteiger partial charge in [-0.1, -0.05) is 0 Å². The molecule has 2 aliphatic rings. The van der Waals surface area contributed by atoms with Gasteiger partial charge in [-0.15, -0.1) is 0 Å². The van der Waals surface area contributed by atoms with E-state index >= 15 is 0 Å². The Hall–Kier alpha value is -0.810. The van der Waals surface area contributed by atoms with Gasteiger partial charge in [0.15, 0.2) is 5.96 Å². The molecule has 0 radical (unpaired) electrons. The molecule has 0 spiro atoms. The van der Waals surface area contributed by atoms with Gasteiger partial charge in [0.05, 0.1) is 12.1 Å². The van der Waals surface area contributed by atoms with Gasteiger partial charge >= 0.3 is 0 Å². The second-order valence-corrected chi connectivity index (χ2v) is 6.78. The van der Waals surface area contributed by atoms with E-state index in [9.17, 15) is 0 Å². The third kappa shape index (κ3) is 6.13. The predicted octanol–water partition coefficient (Wildman–Crippen LogP) is 1.99. The Kier molecular flexibility index (Phi) is 7.46. The second kappa shape index (κ2) is 9.36. The zero-order chi connectivity index (χ0) is 15.7. The van der Waals surface area contributed by atoms with Crippen molar-refractivity contribution < 1.29 is 4.74 Å². The molecule has 2 saturated heterocycles. The van der Waals surface area contributed by atoms with Crippen LogP contribution >= 0.6 is 0 Å². The maximum atomic E-state index is 5.80. The zero-order valence-electron chi connectivity index (χ0n) is 14.5. The van der Waals surface area contributed by atoms with Crippen LogP contribution in [-0.4, -0.2) is 62.3 Å². The van der Waals surface area contributed by atoms with Crippen LogP contribution in [0.3, 0.4) is 0 Å². The molecule has 0 saturated carbocycles. The molecule has 5 heteroatoms. The lowest BCUT2D eigenvalue weighted by Gasteiger charge is -2.21. The van der Waals surface area contributed by atoms with Crippen LogP contribution in [0.5, 0.6) is 0 Å². The number of hydrogen-bond donors (Lipinski definition) is 2. The van der Waals surface area contributed by atoms with Gasteiger partial charge in [0.25, 0.3) is 0 Å². The van der Waals surface area contributed by atoms with Gasteiger partial charge in [-0.3, -0.25) is 4.99 Å². The van der Waals surface area contributed by atoms with Crippen molar-refractivity contribution in [2.24, 2.45) is 4.99 Å². The highest BCUT2D eigenvalue weighted by Gasteiger charge is 2.29. The first-order chi connectivity index (χ1) is 10.7. The van der Waals surface area contributed by atoms with Crippen molar-refractivity contribution in [3.63, 3.8) is 0 Å². The standard InChI is InChI=1S/C17H34N4O/c1-3-18-16(20-15-17(2)9-8-14-22-17)19-10-4-5-11-21-12-6-7-13-21/h3-15H2,1-2H3,(H2,18,19,20). The first-order valence-electron chi connectivity index (χ1n) is 9.10.